The van der Waals surface area contributed by atoms with Gasteiger partial charge in [-0.1, -0.05) is 36.5 Å². The van der Waals surface area contributed by atoms with Gasteiger partial charge in [0.2, 0.25) is 0 Å². The highest BCUT2D eigenvalue weighted by atomic mass is 16.5. The minimum absolute atomic E-state index is 0.223. The second kappa shape index (κ2) is 8.89. The van der Waals surface area contributed by atoms with Crippen molar-refractivity contribution in [2.24, 2.45) is 17.3 Å². The maximum absolute atomic E-state index is 12.3. The minimum Gasteiger partial charge on any atom is -0.378 e. The highest BCUT2D eigenvalue weighted by Gasteiger charge is 2.62. The van der Waals surface area contributed by atoms with Crippen molar-refractivity contribution in [3.63, 3.8) is 0 Å². The molecule has 0 radical (unpaired) electrons. The van der Waals surface area contributed by atoms with Crippen LogP contribution in [-0.4, -0.2) is 43.3 Å². The van der Waals surface area contributed by atoms with Crippen molar-refractivity contribution < 1.29 is 14.6 Å². The van der Waals surface area contributed by atoms with Crippen LogP contribution in [-0.2, 0) is 9.53 Å². The van der Waals surface area contributed by atoms with E-state index in [1.165, 1.54) is 22.4 Å². The summed E-state index contributed by atoms with van der Waals surface area (Å²) in [6, 6.07) is 8.95. The Bertz CT molecular complexity index is 1180. The van der Waals surface area contributed by atoms with Gasteiger partial charge in [-0.25, -0.2) is 0 Å². The molecule has 0 bridgehead atoms. The average Bonchev–Trinajstić information content (AvgIpc) is 3.12. The quantitative estimate of drug-likeness (QED) is 0.547. The molecule has 1 aromatic rings. The van der Waals surface area contributed by atoms with Gasteiger partial charge in [0.05, 0.1) is 0 Å². The number of carbonyl (C=O) groups is 1. The number of ketones is 1. The van der Waals surface area contributed by atoms with Gasteiger partial charge in [-0.2, -0.15) is 0 Å². The summed E-state index contributed by atoms with van der Waals surface area (Å²) in [5.74, 6) is 7.91. The van der Waals surface area contributed by atoms with Gasteiger partial charge >= 0.3 is 0 Å². The van der Waals surface area contributed by atoms with E-state index in [0.717, 1.165) is 32.1 Å². The van der Waals surface area contributed by atoms with Gasteiger partial charge in [0, 0.05) is 44.6 Å². The molecule has 0 saturated heterocycles. The summed E-state index contributed by atoms with van der Waals surface area (Å²) in [5, 5.41) is 12.1. The Hall–Kier alpha value is -2.35. The number of methoxy groups -OCH3 is 1. The van der Waals surface area contributed by atoms with Gasteiger partial charge in [-0.15, -0.1) is 0 Å². The van der Waals surface area contributed by atoms with E-state index in [9.17, 15) is 9.90 Å². The second-order valence-electron chi connectivity index (χ2n) is 12.3. The lowest BCUT2D eigenvalue weighted by molar-refractivity contribution is -0.114. The molecule has 0 aliphatic heterocycles. The minimum atomic E-state index is -1.04. The number of nitrogens with zero attached hydrogens (tertiary/aromatic N) is 1. The SMILES string of the molecule is COC(C)(C)C#C[C@]1(O)CC[C@H]2[C@@H]3CCC4=CC(=O)CCC4=C3[C@@H](c3ccc(N(C)C)cc3)C[C@@]21C. The molecule has 1 N–H and O–H groups in total. The predicted octanol–water partition coefficient (Wildman–Crippen LogP) is 5.81. The van der Waals surface area contributed by atoms with Crippen molar-refractivity contribution in [3.8, 4) is 11.8 Å². The maximum atomic E-state index is 12.3. The van der Waals surface area contributed by atoms with Gasteiger partial charge in [-0.05, 0) is 99.1 Å². The number of anilines is 1. The molecule has 2 fully saturated rings. The van der Waals surface area contributed by atoms with Gasteiger partial charge in [0.1, 0.15) is 11.2 Å². The zero-order valence-electron chi connectivity index (χ0n) is 22.8. The molecule has 0 unspecified atom stereocenters. The predicted molar refractivity (Wildman–Crippen MR) is 145 cm³/mol. The van der Waals surface area contributed by atoms with Crippen LogP contribution in [0.4, 0.5) is 5.69 Å². The number of benzene rings is 1. The Morgan fingerprint density at radius 3 is 2.50 bits per heavy atom. The van der Waals surface area contributed by atoms with Crippen LogP contribution in [0.5, 0.6) is 0 Å². The van der Waals surface area contributed by atoms with Crippen LogP contribution >= 0.6 is 0 Å². The number of carbonyl (C=O) groups excluding carboxylic acids is 1. The first-order valence-corrected chi connectivity index (χ1v) is 13.5. The lowest BCUT2D eigenvalue weighted by Gasteiger charge is -2.53. The summed E-state index contributed by atoms with van der Waals surface area (Å²) in [6.07, 6.45) is 7.98. The molecule has 0 spiro atoms. The van der Waals surface area contributed by atoms with Gasteiger partial charge in [0.25, 0.3) is 0 Å². The van der Waals surface area contributed by atoms with Crippen LogP contribution in [0.15, 0.2) is 47.1 Å². The Kier molecular flexibility index (Phi) is 6.25. The molecule has 4 aliphatic rings. The van der Waals surface area contributed by atoms with Gasteiger partial charge < -0.3 is 14.7 Å². The molecule has 4 nitrogen and oxygen atoms in total. The Morgan fingerprint density at radius 1 is 1.11 bits per heavy atom. The van der Waals surface area contributed by atoms with E-state index >= 15 is 0 Å². The summed E-state index contributed by atoms with van der Waals surface area (Å²) in [4.78, 5) is 14.4. The van der Waals surface area contributed by atoms with E-state index in [-0.39, 0.29) is 17.1 Å². The van der Waals surface area contributed by atoms with Crippen LogP contribution in [0, 0.1) is 29.1 Å². The molecule has 0 heterocycles. The number of ether oxygens (including phenoxy) is 1. The molecule has 192 valence electrons. The molecule has 1 aromatic carbocycles. The molecule has 0 aromatic heterocycles. The van der Waals surface area contributed by atoms with Crippen molar-refractivity contribution in [1.29, 1.82) is 0 Å². The second-order valence-corrected chi connectivity index (χ2v) is 12.3. The molecular formula is C32H41NO3. The highest BCUT2D eigenvalue weighted by molar-refractivity contribution is 5.93. The summed E-state index contributed by atoms with van der Waals surface area (Å²) in [6.45, 7) is 6.20. The van der Waals surface area contributed by atoms with Gasteiger partial charge in [-0.3, -0.25) is 4.79 Å². The number of hydrogen-bond acceptors (Lipinski definition) is 4. The molecule has 5 rings (SSSR count). The zero-order valence-corrected chi connectivity index (χ0v) is 22.8. The zero-order chi connectivity index (χ0) is 25.9. The fourth-order valence-corrected chi connectivity index (χ4v) is 7.48. The van der Waals surface area contributed by atoms with Crippen molar-refractivity contribution in [1.82, 2.24) is 0 Å². The molecule has 2 saturated carbocycles. The first-order chi connectivity index (χ1) is 17.0. The van der Waals surface area contributed by atoms with E-state index in [1.807, 2.05) is 19.9 Å². The smallest absolute Gasteiger partial charge is 0.156 e. The maximum Gasteiger partial charge on any atom is 0.156 e. The first kappa shape index (κ1) is 25.3. The number of rotatable bonds is 3. The Morgan fingerprint density at radius 2 is 1.83 bits per heavy atom. The average molecular weight is 488 g/mol. The fourth-order valence-electron chi connectivity index (χ4n) is 7.48. The molecule has 0 amide bonds. The molecule has 36 heavy (non-hydrogen) atoms. The lowest BCUT2D eigenvalue weighted by Crippen LogP contribution is -2.51. The summed E-state index contributed by atoms with van der Waals surface area (Å²) in [7, 11) is 5.81. The molecule has 4 aliphatic carbocycles. The van der Waals surface area contributed by atoms with Gasteiger partial charge in [0.15, 0.2) is 5.78 Å². The van der Waals surface area contributed by atoms with Crippen molar-refractivity contribution in [2.75, 3.05) is 26.1 Å². The van der Waals surface area contributed by atoms with Crippen LogP contribution in [0.1, 0.15) is 77.2 Å². The monoisotopic (exact) mass is 487 g/mol. The normalized spacial score (nSPS) is 33.7. The van der Waals surface area contributed by atoms with Crippen LogP contribution in [0.2, 0.25) is 0 Å². The van der Waals surface area contributed by atoms with Crippen LogP contribution in [0.3, 0.4) is 0 Å². The van der Waals surface area contributed by atoms with Crippen molar-refractivity contribution >= 4 is 11.5 Å². The van der Waals surface area contributed by atoms with Crippen LogP contribution < -0.4 is 4.90 Å². The van der Waals surface area contributed by atoms with E-state index in [2.05, 4.69) is 62.0 Å². The third-order valence-electron chi connectivity index (χ3n) is 9.78. The summed E-state index contributed by atoms with van der Waals surface area (Å²) >= 11 is 0. The highest BCUT2D eigenvalue weighted by Crippen LogP contribution is 2.66. The summed E-state index contributed by atoms with van der Waals surface area (Å²) < 4.78 is 5.56. The standard InChI is InChI=1S/C32H41NO3/c1-30(2,36-6)17-18-32(35)16-15-28-26-13-9-22-19-24(34)12-14-25(22)29(26)27(20-31(28,32)3)21-7-10-23(11-8-21)33(4)5/h7-8,10-11,19,26-28,35H,9,12-16,20H2,1-6H3/t26-,27+,28-,31-,32+/m0/s1. The molecule has 5 atom stereocenters. The van der Waals surface area contributed by atoms with Crippen molar-refractivity contribution in [3.05, 3.63) is 52.6 Å². The Labute approximate surface area is 216 Å². The summed E-state index contributed by atoms with van der Waals surface area (Å²) in [5.41, 5.74) is 4.82. The number of hydrogen-bond donors (Lipinski definition) is 1. The first-order valence-electron chi connectivity index (χ1n) is 13.5. The molecule has 4 heteroatoms. The van der Waals surface area contributed by atoms with E-state index in [1.54, 1.807) is 12.7 Å². The number of aliphatic hydroxyl groups is 1. The van der Waals surface area contributed by atoms with E-state index in [0.29, 0.717) is 24.7 Å². The van der Waals surface area contributed by atoms with E-state index in [4.69, 9.17) is 4.74 Å². The van der Waals surface area contributed by atoms with Crippen LogP contribution in [0.25, 0.3) is 0 Å². The number of fused-ring (bicyclic) bond motifs is 4. The fraction of sp³-hybridized carbons (Fsp3) is 0.594. The third-order valence-corrected chi connectivity index (χ3v) is 9.78. The Balaban J connectivity index is 1.64. The lowest BCUT2D eigenvalue weighted by atomic mass is 9.51. The topological polar surface area (TPSA) is 49.8 Å². The molecular weight excluding hydrogens is 446 g/mol. The van der Waals surface area contributed by atoms with Crippen molar-refractivity contribution in [2.45, 2.75) is 82.8 Å². The number of allylic oxidation sites excluding steroid dienone is 4. The third kappa shape index (κ3) is 4.05. The largest absolute Gasteiger partial charge is 0.378 e. The van der Waals surface area contributed by atoms with E-state index < -0.39 is 11.2 Å².